The van der Waals surface area contributed by atoms with Gasteiger partial charge in [0.25, 0.3) is 0 Å². The maximum absolute atomic E-state index is 5.42. The second kappa shape index (κ2) is 2.11. The number of hydrogen-bond donors (Lipinski definition) is 0. The fraction of sp³-hybridized carbons (Fsp3) is 0. The van der Waals surface area contributed by atoms with Crippen LogP contribution in [0.4, 0.5) is 0 Å². The SMILES string of the molecule is ClC1=C(Cl)C(Cl)=C1Cl. The molecule has 0 aromatic heterocycles. The van der Waals surface area contributed by atoms with E-state index < -0.39 is 0 Å². The zero-order chi connectivity index (χ0) is 6.31. The van der Waals surface area contributed by atoms with Crippen molar-refractivity contribution in [1.29, 1.82) is 0 Å². The minimum atomic E-state index is 0.360. The molecule has 0 bridgehead atoms. The van der Waals surface area contributed by atoms with Gasteiger partial charge in [0.2, 0.25) is 0 Å². The molecule has 0 aromatic rings. The molecule has 1 rings (SSSR count). The molecule has 0 atom stereocenters. The third-order valence-electron chi connectivity index (χ3n) is 0.771. The molecule has 0 N–H and O–H groups in total. The lowest BCUT2D eigenvalue weighted by molar-refractivity contribution is 1.57. The van der Waals surface area contributed by atoms with Gasteiger partial charge in [-0.2, -0.15) is 0 Å². The molecule has 0 fully saturated rings. The molecule has 0 radical (unpaired) electrons. The Morgan fingerprint density at radius 3 is 0.750 bits per heavy atom. The summed E-state index contributed by atoms with van der Waals surface area (Å²) in [7, 11) is 0. The average Bonchev–Trinajstić information content (AvgIpc) is 1.83. The minimum absolute atomic E-state index is 0.360. The van der Waals surface area contributed by atoms with Crippen molar-refractivity contribution >= 4 is 46.4 Å². The summed E-state index contributed by atoms with van der Waals surface area (Å²) in [4.78, 5) is 0. The van der Waals surface area contributed by atoms with Crippen molar-refractivity contribution in [2.24, 2.45) is 0 Å². The Bertz CT molecular complexity index is 135. The molecule has 0 nitrogen and oxygen atoms in total. The van der Waals surface area contributed by atoms with Crippen LogP contribution in [-0.2, 0) is 0 Å². The van der Waals surface area contributed by atoms with Gasteiger partial charge in [-0.15, -0.1) is 0 Å². The molecule has 0 aromatic carbocycles. The first-order valence-electron chi connectivity index (χ1n) is 1.76. The summed E-state index contributed by atoms with van der Waals surface area (Å²) < 4.78 is 0. The van der Waals surface area contributed by atoms with Crippen LogP contribution in [0.3, 0.4) is 0 Å². The van der Waals surface area contributed by atoms with E-state index in [0.29, 0.717) is 20.1 Å². The van der Waals surface area contributed by atoms with E-state index in [1.54, 1.807) is 0 Å². The van der Waals surface area contributed by atoms with Crippen LogP contribution >= 0.6 is 46.4 Å². The van der Waals surface area contributed by atoms with Crippen molar-refractivity contribution in [2.45, 2.75) is 0 Å². The monoisotopic (exact) mass is 188 g/mol. The summed E-state index contributed by atoms with van der Waals surface area (Å²) in [5, 5.41) is 1.44. The smallest absolute Gasteiger partial charge is 0.0810 e. The summed E-state index contributed by atoms with van der Waals surface area (Å²) in [6.07, 6.45) is 0. The van der Waals surface area contributed by atoms with Gasteiger partial charge in [0.1, 0.15) is 0 Å². The van der Waals surface area contributed by atoms with Crippen LogP contribution in [0.1, 0.15) is 0 Å². The highest BCUT2D eigenvalue weighted by Gasteiger charge is 2.23. The van der Waals surface area contributed by atoms with E-state index in [0.717, 1.165) is 0 Å². The fourth-order valence-corrected chi connectivity index (χ4v) is 1.27. The number of rotatable bonds is 0. The average molecular weight is 190 g/mol. The van der Waals surface area contributed by atoms with E-state index >= 15 is 0 Å². The van der Waals surface area contributed by atoms with Crippen molar-refractivity contribution in [2.75, 3.05) is 0 Å². The molecule has 0 aliphatic heterocycles. The fourth-order valence-electron chi connectivity index (χ4n) is 0.323. The lowest BCUT2D eigenvalue weighted by Crippen LogP contribution is -1.93. The molecular weight excluding hydrogens is 190 g/mol. The Hall–Kier alpha value is 0.640. The third kappa shape index (κ3) is 0.763. The lowest BCUT2D eigenvalue weighted by atomic mass is 10.3. The molecule has 0 spiro atoms. The second-order valence-corrected chi connectivity index (χ2v) is 2.77. The molecule has 0 heterocycles. The topological polar surface area (TPSA) is 0 Å². The highest BCUT2D eigenvalue weighted by Crippen LogP contribution is 2.44. The maximum Gasteiger partial charge on any atom is 0.0810 e. The van der Waals surface area contributed by atoms with Gasteiger partial charge in [-0.1, -0.05) is 46.4 Å². The van der Waals surface area contributed by atoms with Gasteiger partial charge < -0.3 is 0 Å². The molecular formula is C4Cl4. The van der Waals surface area contributed by atoms with Crippen LogP contribution in [0, 0.1) is 0 Å². The molecule has 8 heavy (non-hydrogen) atoms. The summed E-state index contributed by atoms with van der Waals surface area (Å²) in [5.41, 5.74) is 0. The highest BCUT2D eigenvalue weighted by molar-refractivity contribution is 6.59. The van der Waals surface area contributed by atoms with Crippen LogP contribution in [0.15, 0.2) is 20.1 Å². The zero-order valence-corrected chi connectivity index (χ0v) is 6.54. The van der Waals surface area contributed by atoms with Gasteiger partial charge in [0.15, 0.2) is 0 Å². The Kier molecular flexibility index (Phi) is 1.78. The van der Waals surface area contributed by atoms with Crippen molar-refractivity contribution < 1.29 is 0 Å². The standard InChI is InChI=1S/C4Cl4/c5-1-2(6)4(8)3(1)7. The molecule has 1 aliphatic rings. The predicted molar refractivity (Wildman–Crippen MR) is 37.5 cm³/mol. The number of hydrogen-bond acceptors (Lipinski definition) is 0. The van der Waals surface area contributed by atoms with Crippen LogP contribution < -0.4 is 0 Å². The van der Waals surface area contributed by atoms with E-state index in [-0.39, 0.29) is 0 Å². The van der Waals surface area contributed by atoms with Crippen LogP contribution in [0.25, 0.3) is 0 Å². The normalized spacial score (nSPS) is 19.5. The minimum Gasteiger partial charge on any atom is -0.0810 e. The Morgan fingerprint density at radius 2 is 0.625 bits per heavy atom. The first-order valence-corrected chi connectivity index (χ1v) is 3.27. The van der Waals surface area contributed by atoms with Crippen LogP contribution in [0.5, 0.6) is 0 Å². The van der Waals surface area contributed by atoms with Crippen molar-refractivity contribution in [3.8, 4) is 0 Å². The molecule has 0 saturated carbocycles. The van der Waals surface area contributed by atoms with Gasteiger partial charge in [0, 0.05) is 0 Å². The number of halogens is 4. The summed E-state index contributed by atoms with van der Waals surface area (Å²) in [6, 6.07) is 0. The molecule has 0 unspecified atom stereocenters. The summed E-state index contributed by atoms with van der Waals surface area (Å²) >= 11 is 21.7. The second-order valence-electron chi connectivity index (χ2n) is 1.26. The summed E-state index contributed by atoms with van der Waals surface area (Å²) in [6.45, 7) is 0. The van der Waals surface area contributed by atoms with Gasteiger partial charge in [0.05, 0.1) is 20.1 Å². The van der Waals surface area contributed by atoms with Gasteiger partial charge in [-0.25, -0.2) is 0 Å². The molecule has 1 aliphatic carbocycles. The van der Waals surface area contributed by atoms with Crippen LogP contribution in [0.2, 0.25) is 0 Å². The molecule has 4 heteroatoms. The maximum atomic E-state index is 5.42. The zero-order valence-electron chi connectivity index (χ0n) is 3.51. The van der Waals surface area contributed by atoms with Crippen LogP contribution in [-0.4, -0.2) is 0 Å². The first kappa shape index (κ1) is 6.76. The molecule has 0 saturated heterocycles. The highest BCUT2D eigenvalue weighted by atomic mass is 35.5. The predicted octanol–water partition coefficient (Wildman–Crippen LogP) is 3.38. The quantitative estimate of drug-likeness (QED) is 0.548. The largest absolute Gasteiger partial charge is 0.0810 e. The Balaban J connectivity index is 2.86. The third-order valence-corrected chi connectivity index (χ3v) is 2.67. The van der Waals surface area contributed by atoms with E-state index in [9.17, 15) is 0 Å². The lowest BCUT2D eigenvalue weighted by Gasteiger charge is -2.12. The van der Waals surface area contributed by atoms with Gasteiger partial charge in [-0.05, 0) is 0 Å². The van der Waals surface area contributed by atoms with E-state index in [1.165, 1.54) is 0 Å². The van der Waals surface area contributed by atoms with E-state index in [2.05, 4.69) is 0 Å². The van der Waals surface area contributed by atoms with E-state index in [4.69, 9.17) is 46.4 Å². The molecule has 44 valence electrons. The Labute approximate surface area is 66.7 Å². The number of allylic oxidation sites excluding steroid dienone is 4. The summed E-state index contributed by atoms with van der Waals surface area (Å²) in [5.74, 6) is 0. The van der Waals surface area contributed by atoms with Crippen molar-refractivity contribution in [1.82, 2.24) is 0 Å². The van der Waals surface area contributed by atoms with Crippen molar-refractivity contribution in [3.63, 3.8) is 0 Å². The van der Waals surface area contributed by atoms with Gasteiger partial charge in [-0.3, -0.25) is 0 Å². The van der Waals surface area contributed by atoms with Crippen molar-refractivity contribution in [3.05, 3.63) is 20.1 Å². The Morgan fingerprint density at radius 1 is 0.500 bits per heavy atom. The van der Waals surface area contributed by atoms with Gasteiger partial charge >= 0.3 is 0 Å². The molecule has 0 amide bonds. The first-order chi connectivity index (χ1) is 3.64. The van der Waals surface area contributed by atoms with E-state index in [1.807, 2.05) is 0 Å².